The SMILES string of the molecule is CCCCCC[Si](OCCC)(OCCC)OCCC. The molecule has 0 atom stereocenters. The highest BCUT2D eigenvalue weighted by Crippen LogP contribution is 2.21. The van der Waals surface area contributed by atoms with E-state index in [2.05, 4.69) is 27.7 Å². The minimum Gasteiger partial charge on any atom is -0.373 e. The van der Waals surface area contributed by atoms with Crippen molar-refractivity contribution in [3.63, 3.8) is 0 Å². The predicted octanol–water partition coefficient (Wildman–Crippen LogP) is 4.79. The summed E-state index contributed by atoms with van der Waals surface area (Å²) in [5.41, 5.74) is 0. The molecule has 0 rings (SSSR count). The third-order valence-electron chi connectivity index (χ3n) is 2.91. The van der Waals surface area contributed by atoms with Crippen LogP contribution in [0.15, 0.2) is 0 Å². The second-order valence-corrected chi connectivity index (χ2v) is 7.77. The lowest BCUT2D eigenvalue weighted by atomic mass is 10.2. The molecule has 0 bridgehead atoms. The summed E-state index contributed by atoms with van der Waals surface area (Å²) < 4.78 is 18.2. The molecule has 0 heterocycles. The Labute approximate surface area is 121 Å². The van der Waals surface area contributed by atoms with Crippen LogP contribution in [0.4, 0.5) is 0 Å². The van der Waals surface area contributed by atoms with Gasteiger partial charge in [0.1, 0.15) is 0 Å². The van der Waals surface area contributed by atoms with Crippen molar-refractivity contribution in [1.29, 1.82) is 0 Å². The molecule has 116 valence electrons. The molecule has 0 amide bonds. The van der Waals surface area contributed by atoms with Crippen molar-refractivity contribution < 1.29 is 13.3 Å². The molecule has 19 heavy (non-hydrogen) atoms. The van der Waals surface area contributed by atoms with Crippen molar-refractivity contribution in [3.05, 3.63) is 0 Å². The van der Waals surface area contributed by atoms with Crippen LogP contribution in [0.1, 0.15) is 72.6 Å². The Kier molecular flexibility index (Phi) is 13.2. The summed E-state index contributed by atoms with van der Waals surface area (Å²) in [6.07, 6.45) is 8.04. The van der Waals surface area contributed by atoms with Gasteiger partial charge in [0.05, 0.1) is 0 Å². The van der Waals surface area contributed by atoms with Gasteiger partial charge in [0, 0.05) is 25.9 Å². The molecular weight excluding hydrogens is 256 g/mol. The van der Waals surface area contributed by atoms with E-state index >= 15 is 0 Å². The van der Waals surface area contributed by atoms with Crippen molar-refractivity contribution in [2.24, 2.45) is 0 Å². The monoisotopic (exact) mass is 290 g/mol. The van der Waals surface area contributed by atoms with Crippen molar-refractivity contribution in [1.82, 2.24) is 0 Å². The second-order valence-electron chi connectivity index (χ2n) is 5.04. The van der Waals surface area contributed by atoms with Gasteiger partial charge in [-0.05, 0) is 25.7 Å². The Balaban J connectivity index is 4.38. The van der Waals surface area contributed by atoms with Crippen LogP contribution in [0.25, 0.3) is 0 Å². The molecule has 0 aliphatic heterocycles. The molecule has 0 unspecified atom stereocenters. The van der Waals surface area contributed by atoms with Crippen LogP contribution in [0.5, 0.6) is 0 Å². The lowest BCUT2D eigenvalue weighted by molar-refractivity contribution is 0.0586. The normalized spacial score (nSPS) is 12.0. The van der Waals surface area contributed by atoms with Gasteiger partial charge in [-0.3, -0.25) is 0 Å². The van der Waals surface area contributed by atoms with Crippen molar-refractivity contribution >= 4 is 8.80 Å². The van der Waals surface area contributed by atoms with Crippen LogP contribution in [0, 0.1) is 0 Å². The van der Waals surface area contributed by atoms with E-state index in [1.54, 1.807) is 0 Å². The molecule has 0 saturated carbocycles. The Morgan fingerprint density at radius 2 is 1.05 bits per heavy atom. The third-order valence-corrected chi connectivity index (χ3v) is 5.81. The van der Waals surface area contributed by atoms with Crippen LogP contribution < -0.4 is 0 Å². The summed E-state index contributed by atoms with van der Waals surface area (Å²) in [5, 5.41) is 0. The molecule has 0 N–H and O–H groups in total. The highest BCUT2D eigenvalue weighted by atomic mass is 28.4. The molecule has 0 saturated heterocycles. The maximum Gasteiger partial charge on any atom is 0.500 e. The molecule has 0 spiro atoms. The fourth-order valence-electron chi connectivity index (χ4n) is 1.88. The predicted molar refractivity (Wildman–Crippen MR) is 83.4 cm³/mol. The van der Waals surface area contributed by atoms with E-state index in [0.29, 0.717) is 0 Å². The standard InChI is InChI=1S/C15H34O3Si/c1-5-9-10-11-15-19(16-12-6-2,17-13-7-3)18-14-8-4/h5-15H2,1-4H3. The maximum absolute atomic E-state index is 6.06. The maximum atomic E-state index is 6.06. The summed E-state index contributed by atoms with van der Waals surface area (Å²) in [6.45, 7) is 10.9. The van der Waals surface area contributed by atoms with E-state index < -0.39 is 8.80 Å². The van der Waals surface area contributed by atoms with Crippen molar-refractivity contribution in [2.45, 2.75) is 78.7 Å². The van der Waals surface area contributed by atoms with Gasteiger partial charge >= 0.3 is 8.80 Å². The van der Waals surface area contributed by atoms with E-state index in [9.17, 15) is 0 Å². The molecule has 0 fully saturated rings. The number of hydrogen-bond acceptors (Lipinski definition) is 3. The van der Waals surface area contributed by atoms with Crippen molar-refractivity contribution in [3.8, 4) is 0 Å². The van der Waals surface area contributed by atoms with E-state index in [1.165, 1.54) is 19.3 Å². The Morgan fingerprint density at radius 3 is 1.42 bits per heavy atom. The van der Waals surface area contributed by atoms with Crippen LogP contribution in [0.2, 0.25) is 6.04 Å². The first-order valence-corrected chi connectivity index (χ1v) is 10.1. The molecule has 0 aromatic carbocycles. The summed E-state index contributed by atoms with van der Waals surface area (Å²) in [6, 6.07) is 0.979. The second kappa shape index (κ2) is 13.1. The molecule has 3 nitrogen and oxygen atoms in total. The van der Waals surface area contributed by atoms with Crippen LogP contribution in [0.3, 0.4) is 0 Å². The summed E-state index contributed by atoms with van der Waals surface area (Å²) in [4.78, 5) is 0. The van der Waals surface area contributed by atoms with Gasteiger partial charge in [0.25, 0.3) is 0 Å². The molecule has 0 aliphatic carbocycles. The van der Waals surface area contributed by atoms with Crippen LogP contribution >= 0.6 is 0 Å². The zero-order chi connectivity index (χ0) is 14.4. The molecule has 0 aromatic heterocycles. The van der Waals surface area contributed by atoms with Gasteiger partial charge in [-0.25, -0.2) is 0 Å². The highest BCUT2D eigenvalue weighted by Gasteiger charge is 2.40. The Hall–Kier alpha value is 0.0969. The van der Waals surface area contributed by atoms with Gasteiger partial charge in [-0.2, -0.15) is 0 Å². The molecule has 4 heteroatoms. The fourth-order valence-corrected chi connectivity index (χ4v) is 4.79. The van der Waals surface area contributed by atoms with E-state index in [1.807, 2.05) is 0 Å². The molecule has 0 aliphatic rings. The minimum absolute atomic E-state index is 0.757. The lowest BCUT2D eigenvalue weighted by Gasteiger charge is -2.29. The van der Waals surface area contributed by atoms with Gasteiger partial charge < -0.3 is 13.3 Å². The average Bonchev–Trinajstić information content (AvgIpc) is 2.44. The van der Waals surface area contributed by atoms with Crippen LogP contribution in [-0.2, 0) is 13.3 Å². The molecule has 0 aromatic rings. The zero-order valence-corrected chi connectivity index (χ0v) is 14.5. The smallest absolute Gasteiger partial charge is 0.373 e. The number of hydrogen-bond donors (Lipinski definition) is 0. The molecule has 0 radical (unpaired) electrons. The summed E-state index contributed by atoms with van der Waals surface area (Å²) >= 11 is 0. The van der Waals surface area contributed by atoms with Gasteiger partial charge in [-0.15, -0.1) is 0 Å². The van der Waals surface area contributed by atoms with E-state index in [4.69, 9.17) is 13.3 Å². The minimum atomic E-state index is -2.41. The first-order chi connectivity index (χ1) is 9.24. The average molecular weight is 291 g/mol. The first kappa shape index (κ1) is 19.1. The van der Waals surface area contributed by atoms with E-state index in [0.717, 1.165) is 51.5 Å². The van der Waals surface area contributed by atoms with Gasteiger partial charge in [0.2, 0.25) is 0 Å². The van der Waals surface area contributed by atoms with Gasteiger partial charge in [0.15, 0.2) is 0 Å². The Bertz CT molecular complexity index is 166. The molecular formula is C15H34O3Si. The summed E-state index contributed by atoms with van der Waals surface area (Å²) in [7, 11) is -2.41. The van der Waals surface area contributed by atoms with E-state index in [-0.39, 0.29) is 0 Å². The van der Waals surface area contributed by atoms with Gasteiger partial charge in [-0.1, -0.05) is 47.0 Å². The number of rotatable bonds is 14. The zero-order valence-electron chi connectivity index (χ0n) is 13.5. The Morgan fingerprint density at radius 1 is 0.579 bits per heavy atom. The third kappa shape index (κ3) is 9.60. The first-order valence-electron chi connectivity index (χ1n) is 8.16. The quantitative estimate of drug-likeness (QED) is 0.340. The van der Waals surface area contributed by atoms with Crippen molar-refractivity contribution in [2.75, 3.05) is 19.8 Å². The highest BCUT2D eigenvalue weighted by molar-refractivity contribution is 6.60. The number of unbranched alkanes of at least 4 members (excludes halogenated alkanes) is 3. The fraction of sp³-hybridized carbons (Fsp3) is 1.00. The largest absolute Gasteiger partial charge is 0.500 e. The summed E-state index contributed by atoms with van der Waals surface area (Å²) in [5.74, 6) is 0. The lowest BCUT2D eigenvalue weighted by Crippen LogP contribution is -2.46. The topological polar surface area (TPSA) is 27.7 Å². The van der Waals surface area contributed by atoms with Crippen LogP contribution in [-0.4, -0.2) is 28.6 Å².